The average Bonchev–Trinajstić information content (AvgIpc) is 1.69. The molecule has 0 unspecified atom stereocenters. The first-order valence-corrected chi connectivity index (χ1v) is 3.41. The molecule has 0 heterocycles. The Morgan fingerprint density at radius 1 is 0.636 bits per heavy atom. The van der Waals surface area contributed by atoms with Crippen LogP contribution in [0.15, 0.2) is 0 Å². The summed E-state index contributed by atoms with van der Waals surface area (Å²) in [5.74, 6) is 0. The second-order valence-corrected chi connectivity index (χ2v) is 2.06. The summed E-state index contributed by atoms with van der Waals surface area (Å²) in [6.45, 7) is 4.49. The van der Waals surface area contributed by atoms with E-state index < -0.39 is 0 Å². The molecule has 0 aromatic carbocycles. The third kappa shape index (κ3) is 35.8. The van der Waals surface area contributed by atoms with Crippen molar-refractivity contribution in [2.75, 3.05) is 0 Å². The van der Waals surface area contributed by atoms with E-state index in [1.807, 2.05) is 0 Å². The van der Waals surface area contributed by atoms with Crippen LogP contribution in [-0.4, -0.2) is 8.41 Å². The van der Waals surface area contributed by atoms with Crippen LogP contribution in [0.4, 0.5) is 0 Å². The lowest BCUT2D eigenvalue weighted by Crippen LogP contribution is -1.70. The van der Waals surface area contributed by atoms with Gasteiger partial charge in [0.2, 0.25) is 0 Å². The summed E-state index contributed by atoms with van der Waals surface area (Å²) in [6, 6.07) is 0. The van der Waals surface area contributed by atoms with Crippen LogP contribution >= 0.6 is 37.2 Å². The van der Waals surface area contributed by atoms with Gasteiger partial charge in [-0.2, -0.15) is 0 Å². The predicted molar refractivity (Wildman–Crippen MR) is 61.9 cm³/mol. The van der Waals surface area contributed by atoms with Gasteiger partial charge < -0.3 is 0 Å². The molecule has 0 saturated carbocycles. The van der Waals surface area contributed by atoms with E-state index in [0.717, 1.165) is 0 Å². The van der Waals surface area contributed by atoms with Gasteiger partial charge in [0.05, 0.1) is 0 Å². The molecular formula is C7H19BCl3. The topological polar surface area (TPSA) is 0 Å². The van der Waals surface area contributed by atoms with Crippen LogP contribution in [0, 0.1) is 0 Å². The van der Waals surface area contributed by atoms with E-state index in [1.165, 1.54) is 32.1 Å². The minimum Gasteiger partial charge on any atom is -0.147 e. The lowest BCUT2D eigenvalue weighted by atomic mass is 10.2. The van der Waals surface area contributed by atoms with E-state index in [1.54, 1.807) is 0 Å². The summed E-state index contributed by atoms with van der Waals surface area (Å²) in [5, 5.41) is 0. The molecule has 0 bridgehead atoms. The van der Waals surface area contributed by atoms with Crippen LogP contribution in [0.5, 0.6) is 0 Å². The van der Waals surface area contributed by atoms with Gasteiger partial charge in [0.15, 0.2) is 0 Å². The van der Waals surface area contributed by atoms with Crippen molar-refractivity contribution >= 4 is 45.6 Å². The van der Waals surface area contributed by atoms with Crippen molar-refractivity contribution in [3.05, 3.63) is 0 Å². The standard InChI is InChI=1S/C7H16.B.3ClH/c1-3-5-7-6-4-2;;;;/h3-7H2,1-2H3;;3*1H. The first kappa shape index (κ1) is 29.7. The van der Waals surface area contributed by atoms with Gasteiger partial charge >= 0.3 is 0 Å². The SMILES string of the molecule is CCCCCCC.Cl.Cl.Cl.[B]. The second kappa shape index (κ2) is 30.6. The second-order valence-electron chi connectivity index (χ2n) is 2.06. The van der Waals surface area contributed by atoms with Gasteiger partial charge in [-0.25, -0.2) is 0 Å². The lowest BCUT2D eigenvalue weighted by molar-refractivity contribution is 0.656. The Labute approximate surface area is 91.7 Å². The Balaban J connectivity index is -0.0000000300. The zero-order valence-corrected chi connectivity index (χ0v) is 9.79. The highest BCUT2D eigenvalue weighted by Gasteiger charge is 1.80. The number of hydrogen-bond acceptors (Lipinski definition) is 0. The summed E-state index contributed by atoms with van der Waals surface area (Å²) in [5.41, 5.74) is 0. The number of unbranched alkanes of at least 4 members (excludes halogenated alkanes) is 4. The molecule has 0 aromatic rings. The molecule has 3 radical (unpaired) electrons. The molecule has 0 N–H and O–H groups in total. The fraction of sp³-hybridized carbons (Fsp3) is 1.00. The van der Waals surface area contributed by atoms with Crippen molar-refractivity contribution in [1.29, 1.82) is 0 Å². The molecule has 0 aromatic heterocycles. The molecule has 71 valence electrons. The van der Waals surface area contributed by atoms with Gasteiger partial charge in [0, 0.05) is 8.41 Å². The van der Waals surface area contributed by atoms with E-state index in [4.69, 9.17) is 0 Å². The summed E-state index contributed by atoms with van der Waals surface area (Å²) in [7, 11) is 0. The van der Waals surface area contributed by atoms with Crippen LogP contribution < -0.4 is 0 Å². The Kier molecular flexibility index (Phi) is 82.7. The third-order valence-corrected chi connectivity index (χ3v) is 1.21. The van der Waals surface area contributed by atoms with E-state index in [0.29, 0.717) is 0 Å². The zero-order chi connectivity index (χ0) is 5.54. The molecule has 0 amide bonds. The molecule has 0 fully saturated rings. The number of halogens is 3. The minimum absolute atomic E-state index is 0. The first-order chi connectivity index (χ1) is 3.41. The Morgan fingerprint density at radius 2 is 0.909 bits per heavy atom. The Hall–Kier alpha value is 0.935. The van der Waals surface area contributed by atoms with Crippen molar-refractivity contribution in [2.24, 2.45) is 0 Å². The Bertz CT molecular complexity index is 32.9. The van der Waals surface area contributed by atoms with Gasteiger partial charge in [-0.05, 0) is 0 Å². The van der Waals surface area contributed by atoms with E-state index in [-0.39, 0.29) is 45.6 Å². The molecule has 0 atom stereocenters. The quantitative estimate of drug-likeness (QED) is 0.498. The number of rotatable bonds is 4. The minimum atomic E-state index is 0. The first-order valence-electron chi connectivity index (χ1n) is 3.41. The van der Waals surface area contributed by atoms with Gasteiger partial charge in [-0.1, -0.05) is 46.0 Å². The van der Waals surface area contributed by atoms with Crippen LogP contribution in [0.1, 0.15) is 46.0 Å². The van der Waals surface area contributed by atoms with Gasteiger partial charge in [0.1, 0.15) is 0 Å². The summed E-state index contributed by atoms with van der Waals surface area (Å²) in [4.78, 5) is 0. The molecule has 11 heavy (non-hydrogen) atoms. The summed E-state index contributed by atoms with van der Waals surface area (Å²) in [6.07, 6.45) is 7.01. The molecule has 0 aliphatic heterocycles. The molecule has 0 aliphatic carbocycles. The highest BCUT2D eigenvalue weighted by Crippen LogP contribution is 2.00. The van der Waals surface area contributed by atoms with Crippen molar-refractivity contribution in [2.45, 2.75) is 46.0 Å². The van der Waals surface area contributed by atoms with E-state index in [9.17, 15) is 0 Å². The highest BCUT2D eigenvalue weighted by molar-refractivity contribution is 5.86. The maximum Gasteiger partial charge on any atom is 0 e. The molecule has 0 spiro atoms. The van der Waals surface area contributed by atoms with Crippen LogP contribution in [0.2, 0.25) is 0 Å². The summed E-state index contributed by atoms with van der Waals surface area (Å²) >= 11 is 0. The van der Waals surface area contributed by atoms with E-state index in [2.05, 4.69) is 13.8 Å². The van der Waals surface area contributed by atoms with Gasteiger partial charge in [0.25, 0.3) is 0 Å². The normalized spacial score (nSPS) is 6.00. The van der Waals surface area contributed by atoms with E-state index >= 15 is 0 Å². The molecule has 0 aliphatic rings. The third-order valence-electron chi connectivity index (χ3n) is 1.21. The molecule has 0 saturated heterocycles. The molecule has 0 rings (SSSR count). The zero-order valence-electron chi connectivity index (χ0n) is 7.34. The van der Waals surface area contributed by atoms with Crippen LogP contribution in [-0.2, 0) is 0 Å². The fourth-order valence-electron chi connectivity index (χ4n) is 0.677. The Morgan fingerprint density at radius 3 is 1.09 bits per heavy atom. The van der Waals surface area contributed by atoms with Crippen molar-refractivity contribution in [3.63, 3.8) is 0 Å². The molecular weight excluding hydrogens is 201 g/mol. The smallest absolute Gasteiger partial charge is 0 e. The van der Waals surface area contributed by atoms with Gasteiger partial charge in [-0.3, -0.25) is 0 Å². The van der Waals surface area contributed by atoms with Crippen molar-refractivity contribution in [3.8, 4) is 0 Å². The van der Waals surface area contributed by atoms with Crippen LogP contribution in [0.25, 0.3) is 0 Å². The van der Waals surface area contributed by atoms with Crippen molar-refractivity contribution in [1.82, 2.24) is 0 Å². The maximum atomic E-state index is 2.25. The predicted octanol–water partition coefficient (Wildman–Crippen LogP) is 3.86. The monoisotopic (exact) mass is 219 g/mol. The fourth-order valence-corrected chi connectivity index (χ4v) is 0.677. The van der Waals surface area contributed by atoms with Gasteiger partial charge in [-0.15, -0.1) is 37.2 Å². The average molecular weight is 220 g/mol. The van der Waals surface area contributed by atoms with Crippen LogP contribution in [0.3, 0.4) is 0 Å². The maximum absolute atomic E-state index is 2.25. The summed E-state index contributed by atoms with van der Waals surface area (Å²) < 4.78 is 0. The van der Waals surface area contributed by atoms with Crippen molar-refractivity contribution < 1.29 is 0 Å². The largest absolute Gasteiger partial charge is 0.147 e. The highest BCUT2D eigenvalue weighted by atomic mass is 35.5. The lowest BCUT2D eigenvalue weighted by Gasteiger charge is -1.90. The molecule has 0 nitrogen and oxygen atoms in total. The molecule has 4 heteroatoms. The number of hydrogen-bond donors (Lipinski definition) is 0.